The Kier molecular flexibility index (Phi) is 2.17. The molecule has 1 aliphatic carbocycles. The van der Waals surface area contributed by atoms with Crippen LogP contribution in [0, 0.1) is 5.41 Å². The van der Waals surface area contributed by atoms with Crippen molar-refractivity contribution in [2.24, 2.45) is 5.41 Å². The molecule has 0 aromatic carbocycles. The van der Waals surface area contributed by atoms with Gasteiger partial charge in [0.05, 0.1) is 12.1 Å². The fraction of sp³-hybridized carbons (Fsp3) is 0.889. The van der Waals surface area contributed by atoms with E-state index in [9.17, 15) is 4.79 Å². The van der Waals surface area contributed by atoms with Gasteiger partial charge in [-0.05, 0) is 12.8 Å². The fourth-order valence-electron chi connectivity index (χ4n) is 0.902. The molecule has 0 heterocycles. The van der Waals surface area contributed by atoms with E-state index in [-0.39, 0.29) is 23.5 Å². The summed E-state index contributed by atoms with van der Waals surface area (Å²) in [6.07, 6.45) is 1.82. The molecule has 0 aliphatic heterocycles. The molecule has 0 atom stereocenters. The monoisotopic (exact) mass is 171 g/mol. The van der Waals surface area contributed by atoms with Crippen LogP contribution in [0.4, 0.5) is 0 Å². The summed E-state index contributed by atoms with van der Waals surface area (Å²) in [4.78, 5) is 11.5. The summed E-state index contributed by atoms with van der Waals surface area (Å²) < 4.78 is 0. The van der Waals surface area contributed by atoms with Crippen LogP contribution in [0.3, 0.4) is 0 Å². The Morgan fingerprint density at radius 2 is 2.00 bits per heavy atom. The molecular weight excluding hydrogens is 154 g/mol. The Bertz CT molecular complexity index is 189. The van der Waals surface area contributed by atoms with Crippen molar-refractivity contribution in [2.75, 3.05) is 6.61 Å². The Morgan fingerprint density at radius 1 is 1.50 bits per heavy atom. The molecule has 0 bridgehead atoms. The Balaban J connectivity index is 2.47. The van der Waals surface area contributed by atoms with Crippen LogP contribution < -0.4 is 5.32 Å². The van der Waals surface area contributed by atoms with Gasteiger partial charge in [0.25, 0.3) is 0 Å². The maximum Gasteiger partial charge on any atom is 0.225 e. The van der Waals surface area contributed by atoms with Crippen LogP contribution >= 0.6 is 0 Å². The number of nitrogens with one attached hydrogen (secondary N) is 1. The molecule has 2 N–H and O–H groups in total. The zero-order valence-electron chi connectivity index (χ0n) is 7.98. The van der Waals surface area contributed by atoms with Gasteiger partial charge in [0.1, 0.15) is 0 Å². The largest absolute Gasteiger partial charge is 0.394 e. The molecule has 0 unspecified atom stereocenters. The third-order valence-electron chi connectivity index (χ3n) is 2.22. The first-order chi connectivity index (χ1) is 5.40. The number of hydrogen-bond acceptors (Lipinski definition) is 2. The van der Waals surface area contributed by atoms with Crippen molar-refractivity contribution in [3.63, 3.8) is 0 Å². The number of carbonyl (C=O) groups is 1. The molecule has 70 valence electrons. The van der Waals surface area contributed by atoms with Crippen LogP contribution in [0.5, 0.6) is 0 Å². The Morgan fingerprint density at radius 3 is 2.25 bits per heavy atom. The molecule has 0 aromatic rings. The average molecular weight is 171 g/mol. The third-order valence-corrected chi connectivity index (χ3v) is 2.22. The molecule has 1 aliphatic rings. The molecule has 3 nitrogen and oxygen atoms in total. The van der Waals surface area contributed by atoms with Crippen molar-refractivity contribution in [2.45, 2.75) is 39.2 Å². The molecule has 1 amide bonds. The third kappa shape index (κ3) is 1.97. The second kappa shape index (κ2) is 2.73. The second-order valence-corrected chi connectivity index (χ2v) is 4.64. The van der Waals surface area contributed by atoms with Crippen molar-refractivity contribution >= 4 is 5.91 Å². The van der Waals surface area contributed by atoms with Crippen LogP contribution in [0.2, 0.25) is 0 Å². The number of rotatable bonds is 2. The molecular formula is C9H17NO2. The summed E-state index contributed by atoms with van der Waals surface area (Å²) in [7, 11) is 0. The maximum absolute atomic E-state index is 11.5. The van der Waals surface area contributed by atoms with Crippen LogP contribution in [0.25, 0.3) is 0 Å². The highest BCUT2D eigenvalue weighted by Crippen LogP contribution is 2.35. The first kappa shape index (κ1) is 9.52. The lowest BCUT2D eigenvalue weighted by molar-refractivity contribution is -0.129. The van der Waals surface area contributed by atoms with Gasteiger partial charge in [-0.1, -0.05) is 20.8 Å². The lowest BCUT2D eigenvalue weighted by atomic mass is 9.95. The highest BCUT2D eigenvalue weighted by Gasteiger charge is 2.44. The van der Waals surface area contributed by atoms with Gasteiger partial charge in [0.15, 0.2) is 0 Å². The summed E-state index contributed by atoms with van der Waals surface area (Å²) in [6, 6.07) is 0. The van der Waals surface area contributed by atoms with Crippen molar-refractivity contribution in [1.29, 1.82) is 0 Å². The van der Waals surface area contributed by atoms with Gasteiger partial charge in [-0.2, -0.15) is 0 Å². The average Bonchev–Trinajstić information content (AvgIpc) is 2.67. The normalized spacial score (nSPS) is 20.3. The molecule has 0 spiro atoms. The smallest absolute Gasteiger partial charge is 0.225 e. The standard InChI is InChI=1S/C9H17NO2/c1-8(2,3)7(12)10-9(6-11)4-5-9/h11H,4-6H2,1-3H3,(H,10,12). The second-order valence-electron chi connectivity index (χ2n) is 4.64. The minimum Gasteiger partial charge on any atom is -0.394 e. The number of amides is 1. The molecule has 0 saturated heterocycles. The fourth-order valence-corrected chi connectivity index (χ4v) is 0.902. The van der Waals surface area contributed by atoms with E-state index in [1.165, 1.54) is 0 Å². The molecule has 0 radical (unpaired) electrons. The van der Waals surface area contributed by atoms with E-state index in [1.807, 2.05) is 20.8 Å². The first-order valence-electron chi connectivity index (χ1n) is 4.33. The van der Waals surface area contributed by atoms with Gasteiger partial charge < -0.3 is 10.4 Å². The number of aliphatic hydroxyl groups excluding tert-OH is 1. The van der Waals surface area contributed by atoms with Crippen molar-refractivity contribution in [1.82, 2.24) is 5.32 Å². The van der Waals surface area contributed by atoms with E-state index in [1.54, 1.807) is 0 Å². The van der Waals surface area contributed by atoms with Crippen molar-refractivity contribution in [3.8, 4) is 0 Å². The van der Waals surface area contributed by atoms with Gasteiger partial charge >= 0.3 is 0 Å². The summed E-state index contributed by atoms with van der Waals surface area (Å²) in [6.45, 7) is 5.68. The summed E-state index contributed by atoms with van der Waals surface area (Å²) >= 11 is 0. The highest BCUT2D eigenvalue weighted by molar-refractivity contribution is 5.82. The van der Waals surface area contributed by atoms with E-state index in [2.05, 4.69) is 5.32 Å². The van der Waals surface area contributed by atoms with Crippen LogP contribution in [0.1, 0.15) is 33.6 Å². The van der Waals surface area contributed by atoms with E-state index >= 15 is 0 Å². The molecule has 3 heteroatoms. The predicted molar refractivity (Wildman–Crippen MR) is 46.6 cm³/mol. The van der Waals surface area contributed by atoms with Gasteiger partial charge in [-0.3, -0.25) is 4.79 Å². The zero-order chi connectivity index (χ0) is 9.41. The van der Waals surface area contributed by atoms with Gasteiger partial charge in [0.2, 0.25) is 5.91 Å². The molecule has 0 aromatic heterocycles. The number of hydrogen-bond donors (Lipinski definition) is 2. The first-order valence-corrected chi connectivity index (χ1v) is 4.33. The maximum atomic E-state index is 11.5. The Hall–Kier alpha value is -0.570. The minimum atomic E-state index is -0.356. The van der Waals surface area contributed by atoms with Crippen LogP contribution in [-0.4, -0.2) is 23.2 Å². The highest BCUT2D eigenvalue weighted by atomic mass is 16.3. The van der Waals surface area contributed by atoms with Crippen LogP contribution in [-0.2, 0) is 4.79 Å². The van der Waals surface area contributed by atoms with Crippen molar-refractivity contribution < 1.29 is 9.90 Å². The summed E-state index contributed by atoms with van der Waals surface area (Å²) in [5.74, 6) is 0.0223. The predicted octanol–water partition coefficient (Wildman–Crippen LogP) is 0.674. The molecule has 1 saturated carbocycles. The number of carbonyl (C=O) groups excluding carboxylic acids is 1. The quantitative estimate of drug-likeness (QED) is 0.641. The summed E-state index contributed by atoms with van der Waals surface area (Å²) in [5, 5.41) is 11.8. The van der Waals surface area contributed by atoms with E-state index in [4.69, 9.17) is 5.11 Å². The summed E-state index contributed by atoms with van der Waals surface area (Å²) in [5.41, 5.74) is -0.630. The van der Waals surface area contributed by atoms with Crippen LogP contribution in [0.15, 0.2) is 0 Å². The molecule has 1 fully saturated rings. The van der Waals surface area contributed by atoms with Gasteiger partial charge in [0, 0.05) is 5.41 Å². The van der Waals surface area contributed by atoms with Gasteiger partial charge in [-0.25, -0.2) is 0 Å². The van der Waals surface area contributed by atoms with E-state index in [0.29, 0.717) is 0 Å². The Labute approximate surface area is 73.2 Å². The molecule has 1 rings (SSSR count). The number of aliphatic hydroxyl groups is 1. The van der Waals surface area contributed by atoms with E-state index in [0.717, 1.165) is 12.8 Å². The lowest BCUT2D eigenvalue weighted by Gasteiger charge is -2.22. The minimum absolute atomic E-state index is 0.0223. The SMILES string of the molecule is CC(C)(C)C(=O)NC1(CO)CC1. The lowest BCUT2D eigenvalue weighted by Crippen LogP contribution is -2.45. The zero-order valence-corrected chi connectivity index (χ0v) is 7.98. The molecule has 12 heavy (non-hydrogen) atoms. The van der Waals surface area contributed by atoms with Crippen molar-refractivity contribution in [3.05, 3.63) is 0 Å². The van der Waals surface area contributed by atoms with E-state index < -0.39 is 0 Å². The van der Waals surface area contributed by atoms with Gasteiger partial charge in [-0.15, -0.1) is 0 Å². The topological polar surface area (TPSA) is 49.3 Å².